The van der Waals surface area contributed by atoms with Crippen molar-refractivity contribution >= 4 is 0 Å². The van der Waals surface area contributed by atoms with Gasteiger partial charge in [0.05, 0.1) is 6.10 Å². The van der Waals surface area contributed by atoms with E-state index in [1.54, 1.807) is 0 Å². The number of rotatable bonds is 0. The van der Waals surface area contributed by atoms with Gasteiger partial charge in [-0.1, -0.05) is 46.4 Å². The molecule has 0 radical (unpaired) electrons. The molecule has 1 fully saturated rings. The third-order valence-electron chi connectivity index (χ3n) is 1.81. The summed E-state index contributed by atoms with van der Waals surface area (Å²) >= 11 is 0. The molecule has 0 spiro atoms. The Morgan fingerprint density at radius 3 is 1.86 bits per heavy atom. The quantitative estimate of drug-likeness (QED) is 0.645. The molecule has 1 aliphatic rings. The molecule has 1 atom stereocenters. The maximum atomic E-state index is 9.19. The lowest BCUT2D eigenvalue weighted by Gasteiger charge is -2.21. The highest BCUT2D eigenvalue weighted by Crippen LogP contribution is 2.25. The van der Waals surface area contributed by atoms with Crippen LogP contribution in [0.4, 0.5) is 0 Å². The van der Waals surface area contributed by atoms with Crippen LogP contribution in [0.1, 0.15) is 47.0 Å². The molecule has 1 rings (SSSR count). The van der Waals surface area contributed by atoms with Crippen molar-refractivity contribution in [3.63, 3.8) is 0 Å². The minimum Gasteiger partial charge on any atom is -0.412 e. The van der Waals surface area contributed by atoms with Crippen LogP contribution < -0.4 is 0 Å². The highest BCUT2D eigenvalue weighted by molar-refractivity contribution is 5.30. The Morgan fingerprint density at radius 2 is 1.57 bits per heavy atom. The smallest absolute Gasteiger partial charge is 0.0786 e. The monoisotopic (exact) mass is 202 g/mol. The van der Waals surface area contributed by atoms with Crippen LogP contribution in [0.2, 0.25) is 0 Å². The molecule has 0 aromatic carbocycles. The lowest BCUT2D eigenvalue weighted by Crippen LogP contribution is -2.15. The Balaban J connectivity index is -0.000000216. The van der Waals surface area contributed by atoms with Crippen molar-refractivity contribution in [1.29, 1.82) is 0 Å². The van der Waals surface area contributed by atoms with Crippen molar-refractivity contribution in [2.75, 3.05) is 0 Å². The van der Waals surface area contributed by atoms with Crippen molar-refractivity contribution in [1.82, 2.24) is 0 Å². The largest absolute Gasteiger partial charge is 0.412 e. The minimum absolute atomic E-state index is 0. The zero-order chi connectivity index (χ0) is 10.9. The van der Waals surface area contributed by atoms with E-state index in [9.17, 15) is 5.11 Å². The van der Waals surface area contributed by atoms with Crippen molar-refractivity contribution < 1.29 is 10.6 Å². The first-order valence-electron chi connectivity index (χ1n) is 5.27. The fourth-order valence-corrected chi connectivity index (χ4v) is 1.08. The van der Waals surface area contributed by atoms with Gasteiger partial charge in [-0.2, -0.15) is 0 Å². The molecule has 2 heteroatoms. The normalized spacial score (nSPS) is 19.4. The zero-order valence-corrected chi connectivity index (χ0v) is 10.1. The zero-order valence-electron chi connectivity index (χ0n) is 10.1. The standard InChI is InChI=1S/C8H12O.2C2H6.H2O/c1-6-4-3-5-8(9)7(6)2;2*1-2;/h8-9H,1-5H2;2*1-2H3;1H2. The Labute approximate surface area is 88.7 Å². The molecule has 0 aromatic rings. The molecule has 0 aromatic heterocycles. The molecule has 86 valence electrons. The number of aliphatic hydroxyl groups excluding tert-OH is 1. The van der Waals surface area contributed by atoms with Gasteiger partial charge in [0.1, 0.15) is 0 Å². The van der Waals surface area contributed by atoms with Crippen molar-refractivity contribution in [2.24, 2.45) is 0 Å². The third-order valence-corrected chi connectivity index (χ3v) is 1.81. The average Bonchev–Trinajstić information content (AvgIpc) is 2.20. The van der Waals surface area contributed by atoms with E-state index in [-0.39, 0.29) is 11.6 Å². The highest BCUT2D eigenvalue weighted by atomic mass is 16.3. The molecule has 0 amide bonds. The van der Waals surface area contributed by atoms with Gasteiger partial charge in [0.25, 0.3) is 0 Å². The van der Waals surface area contributed by atoms with E-state index in [0.717, 1.165) is 30.4 Å². The van der Waals surface area contributed by atoms with Crippen LogP contribution >= 0.6 is 0 Å². The second-order valence-electron chi connectivity index (χ2n) is 2.54. The lowest BCUT2D eigenvalue weighted by molar-refractivity contribution is 0.191. The fourth-order valence-electron chi connectivity index (χ4n) is 1.08. The van der Waals surface area contributed by atoms with Gasteiger partial charge in [-0.25, -0.2) is 0 Å². The van der Waals surface area contributed by atoms with E-state index in [1.807, 2.05) is 27.7 Å². The Kier molecular flexibility index (Phi) is 16.9. The predicted molar refractivity (Wildman–Crippen MR) is 64.4 cm³/mol. The van der Waals surface area contributed by atoms with Crippen LogP contribution in [-0.2, 0) is 0 Å². The molecule has 2 nitrogen and oxygen atoms in total. The van der Waals surface area contributed by atoms with Gasteiger partial charge in [-0.15, -0.1) is 0 Å². The van der Waals surface area contributed by atoms with Crippen molar-refractivity contribution in [3.05, 3.63) is 24.3 Å². The van der Waals surface area contributed by atoms with E-state index in [0.29, 0.717) is 0 Å². The summed E-state index contributed by atoms with van der Waals surface area (Å²) in [7, 11) is 0. The van der Waals surface area contributed by atoms with E-state index in [4.69, 9.17) is 0 Å². The Morgan fingerprint density at radius 1 is 1.14 bits per heavy atom. The summed E-state index contributed by atoms with van der Waals surface area (Å²) in [6, 6.07) is 0. The van der Waals surface area contributed by atoms with Gasteiger partial charge in [0.2, 0.25) is 0 Å². The van der Waals surface area contributed by atoms with Crippen LogP contribution in [0, 0.1) is 0 Å². The molecule has 0 aliphatic heterocycles. The highest BCUT2D eigenvalue weighted by Gasteiger charge is 2.16. The first kappa shape index (κ1) is 19.0. The van der Waals surface area contributed by atoms with E-state index in [2.05, 4.69) is 13.2 Å². The molecule has 1 aliphatic carbocycles. The fraction of sp³-hybridized carbons (Fsp3) is 0.667. The van der Waals surface area contributed by atoms with E-state index >= 15 is 0 Å². The SMILES string of the molecule is C=C1CCCC(O)C1=C.CC.CC.O. The predicted octanol–water partition coefficient (Wildman–Crippen LogP) is 2.87. The van der Waals surface area contributed by atoms with Crippen LogP contribution in [0.3, 0.4) is 0 Å². The summed E-state index contributed by atoms with van der Waals surface area (Å²) < 4.78 is 0. The van der Waals surface area contributed by atoms with E-state index < -0.39 is 0 Å². The molecule has 0 saturated heterocycles. The summed E-state index contributed by atoms with van der Waals surface area (Å²) in [5.41, 5.74) is 1.86. The minimum atomic E-state index is -0.314. The number of aliphatic hydroxyl groups is 1. The molecule has 3 N–H and O–H groups in total. The maximum Gasteiger partial charge on any atom is 0.0786 e. The van der Waals surface area contributed by atoms with Crippen LogP contribution in [0.15, 0.2) is 24.3 Å². The maximum absolute atomic E-state index is 9.19. The second-order valence-corrected chi connectivity index (χ2v) is 2.54. The molecule has 0 bridgehead atoms. The number of hydrogen-bond donors (Lipinski definition) is 1. The molecular weight excluding hydrogens is 176 g/mol. The topological polar surface area (TPSA) is 51.7 Å². The first-order chi connectivity index (χ1) is 6.22. The summed E-state index contributed by atoms with van der Waals surface area (Å²) in [4.78, 5) is 0. The third kappa shape index (κ3) is 6.87. The Bertz CT molecular complexity index is 150. The molecule has 0 heterocycles. The van der Waals surface area contributed by atoms with Crippen molar-refractivity contribution in [3.8, 4) is 0 Å². The van der Waals surface area contributed by atoms with Gasteiger partial charge in [-0.05, 0) is 24.8 Å². The Hall–Kier alpha value is -0.600. The van der Waals surface area contributed by atoms with Crippen LogP contribution in [0.25, 0.3) is 0 Å². The van der Waals surface area contributed by atoms with Gasteiger partial charge in [-0.3, -0.25) is 0 Å². The average molecular weight is 202 g/mol. The van der Waals surface area contributed by atoms with E-state index in [1.165, 1.54) is 0 Å². The molecule has 14 heavy (non-hydrogen) atoms. The molecule has 1 saturated carbocycles. The van der Waals surface area contributed by atoms with Crippen molar-refractivity contribution in [2.45, 2.75) is 53.1 Å². The van der Waals surface area contributed by atoms with Crippen LogP contribution in [-0.4, -0.2) is 16.7 Å². The summed E-state index contributed by atoms with van der Waals surface area (Å²) in [5, 5.41) is 9.19. The van der Waals surface area contributed by atoms with Gasteiger partial charge in [0, 0.05) is 0 Å². The number of hydrogen-bond acceptors (Lipinski definition) is 1. The van der Waals surface area contributed by atoms with Gasteiger partial charge in [0.15, 0.2) is 0 Å². The van der Waals surface area contributed by atoms with Crippen LogP contribution in [0.5, 0.6) is 0 Å². The van der Waals surface area contributed by atoms with Gasteiger partial charge >= 0.3 is 0 Å². The summed E-state index contributed by atoms with van der Waals surface area (Å²) in [6.45, 7) is 15.5. The summed E-state index contributed by atoms with van der Waals surface area (Å²) in [6.07, 6.45) is 2.61. The molecule has 1 unspecified atom stereocenters. The van der Waals surface area contributed by atoms with Gasteiger partial charge < -0.3 is 10.6 Å². The first-order valence-corrected chi connectivity index (χ1v) is 5.27. The lowest BCUT2D eigenvalue weighted by atomic mass is 9.90. The second kappa shape index (κ2) is 12.4. The molecular formula is C12H26O2. The summed E-state index contributed by atoms with van der Waals surface area (Å²) in [5.74, 6) is 0.